The molecule has 1 aliphatic carbocycles. The first-order chi connectivity index (χ1) is 7.68. The van der Waals surface area contributed by atoms with Crippen molar-refractivity contribution in [1.82, 2.24) is 4.90 Å². The molecule has 0 spiro atoms. The Kier molecular flexibility index (Phi) is 3.64. The number of carbonyl (C=O) groups is 1. The van der Waals surface area contributed by atoms with E-state index in [4.69, 9.17) is 0 Å². The van der Waals surface area contributed by atoms with Gasteiger partial charge in [-0.15, -0.1) is 0 Å². The van der Waals surface area contributed by atoms with Crippen LogP contribution in [0.1, 0.15) is 32.6 Å². The highest BCUT2D eigenvalue weighted by molar-refractivity contribution is 5.79. The van der Waals surface area contributed by atoms with Gasteiger partial charge in [0.25, 0.3) is 0 Å². The van der Waals surface area contributed by atoms with Gasteiger partial charge >= 0.3 is 0 Å². The average Bonchev–Trinajstić information content (AvgIpc) is 2.33. The molecule has 0 aromatic heterocycles. The van der Waals surface area contributed by atoms with Crippen LogP contribution in [-0.4, -0.2) is 35.1 Å². The minimum absolute atomic E-state index is 0.158. The maximum Gasteiger partial charge on any atom is 0.226 e. The standard InChI is InChI=1S/C13H21NO2/c1-10-7-8-14(9-12(10)15)13(16)11-5-3-2-4-6-11/h2-3,10-12,15H,4-9H2,1H3. The number of aliphatic hydroxyl groups is 1. The van der Waals surface area contributed by atoms with Gasteiger partial charge in [-0.2, -0.15) is 0 Å². The van der Waals surface area contributed by atoms with Crippen molar-refractivity contribution in [2.24, 2.45) is 11.8 Å². The molecule has 1 N–H and O–H groups in total. The second-order valence-corrected chi connectivity index (χ2v) is 5.10. The molecule has 0 radical (unpaired) electrons. The van der Waals surface area contributed by atoms with Crippen molar-refractivity contribution in [3.05, 3.63) is 12.2 Å². The minimum Gasteiger partial charge on any atom is -0.391 e. The molecule has 1 amide bonds. The fraction of sp³-hybridized carbons (Fsp3) is 0.769. The highest BCUT2D eigenvalue weighted by Crippen LogP contribution is 2.24. The van der Waals surface area contributed by atoms with E-state index < -0.39 is 0 Å². The lowest BCUT2D eigenvalue weighted by molar-refractivity contribution is -0.140. The van der Waals surface area contributed by atoms with Crippen molar-refractivity contribution in [2.45, 2.75) is 38.7 Å². The van der Waals surface area contributed by atoms with E-state index in [1.54, 1.807) is 0 Å². The molecule has 1 saturated heterocycles. The number of aliphatic hydroxyl groups excluding tert-OH is 1. The summed E-state index contributed by atoms with van der Waals surface area (Å²) in [4.78, 5) is 14.0. The maximum atomic E-state index is 12.2. The monoisotopic (exact) mass is 223 g/mol. The van der Waals surface area contributed by atoms with Crippen molar-refractivity contribution in [1.29, 1.82) is 0 Å². The molecule has 3 nitrogen and oxygen atoms in total. The third-order valence-corrected chi connectivity index (χ3v) is 3.85. The summed E-state index contributed by atoms with van der Waals surface area (Å²) in [6.45, 7) is 3.40. The van der Waals surface area contributed by atoms with Gasteiger partial charge in [-0.3, -0.25) is 4.79 Å². The van der Waals surface area contributed by atoms with Crippen LogP contribution in [-0.2, 0) is 4.79 Å². The highest BCUT2D eigenvalue weighted by atomic mass is 16.3. The Bertz CT molecular complexity index is 288. The van der Waals surface area contributed by atoms with E-state index in [1.165, 1.54) is 0 Å². The van der Waals surface area contributed by atoms with Crippen molar-refractivity contribution in [2.75, 3.05) is 13.1 Å². The van der Waals surface area contributed by atoms with E-state index in [1.807, 2.05) is 4.90 Å². The maximum absolute atomic E-state index is 12.2. The van der Waals surface area contributed by atoms with E-state index in [0.29, 0.717) is 12.5 Å². The molecule has 1 heterocycles. The minimum atomic E-state index is -0.336. The molecule has 1 aliphatic heterocycles. The zero-order valence-electron chi connectivity index (χ0n) is 9.93. The molecule has 0 aromatic carbocycles. The Labute approximate surface area is 97.1 Å². The van der Waals surface area contributed by atoms with E-state index in [9.17, 15) is 9.90 Å². The number of β-amino-alcohol motifs (C(OH)–C–C–N with tert-alkyl or cyclic N) is 1. The molecule has 2 aliphatic rings. The molecule has 0 bridgehead atoms. The molecule has 3 unspecified atom stereocenters. The van der Waals surface area contributed by atoms with Crippen LogP contribution in [0.4, 0.5) is 0 Å². The van der Waals surface area contributed by atoms with Gasteiger partial charge in [-0.1, -0.05) is 19.1 Å². The largest absolute Gasteiger partial charge is 0.391 e. The number of likely N-dealkylation sites (tertiary alicyclic amines) is 1. The number of rotatable bonds is 1. The predicted molar refractivity (Wildman–Crippen MR) is 62.8 cm³/mol. The van der Waals surface area contributed by atoms with Crippen LogP contribution < -0.4 is 0 Å². The van der Waals surface area contributed by atoms with E-state index in [-0.39, 0.29) is 17.9 Å². The Morgan fingerprint density at radius 1 is 1.38 bits per heavy atom. The molecule has 3 heteroatoms. The average molecular weight is 223 g/mol. The molecule has 1 fully saturated rings. The molecular weight excluding hydrogens is 202 g/mol. The normalized spacial score (nSPS) is 35.1. The first-order valence-electron chi connectivity index (χ1n) is 6.30. The lowest BCUT2D eigenvalue weighted by Gasteiger charge is -2.36. The predicted octanol–water partition coefficient (Wildman–Crippen LogP) is 1.57. The molecule has 2 rings (SSSR count). The van der Waals surface area contributed by atoms with Crippen LogP contribution in [0.2, 0.25) is 0 Å². The smallest absolute Gasteiger partial charge is 0.226 e. The van der Waals surface area contributed by atoms with Crippen LogP contribution in [0.3, 0.4) is 0 Å². The Morgan fingerprint density at radius 3 is 2.81 bits per heavy atom. The van der Waals surface area contributed by atoms with Gasteiger partial charge in [0.2, 0.25) is 5.91 Å². The zero-order chi connectivity index (χ0) is 11.5. The van der Waals surface area contributed by atoms with Gasteiger partial charge in [0.1, 0.15) is 0 Å². The first kappa shape index (κ1) is 11.6. The quantitative estimate of drug-likeness (QED) is 0.685. The number of hydrogen-bond donors (Lipinski definition) is 1. The van der Waals surface area contributed by atoms with Gasteiger partial charge in [0.05, 0.1) is 6.10 Å². The summed E-state index contributed by atoms with van der Waals surface area (Å²) in [6, 6.07) is 0. The highest BCUT2D eigenvalue weighted by Gasteiger charge is 2.30. The topological polar surface area (TPSA) is 40.5 Å². The zero-order valence-corrected chi connectivity index (χ0v) is 9.93. The second kappa shape index (κ2) is 5.00. The van der Waals surface area contributed by atoms with Crippen molar-refractivity contribution < 1.29 is 9.90 Å². The summed E-state index contributed by atoms with van der Waals surface area (Å²) in [5, 5.41) is 9.79. The van der Waals surface area contributed by atoms with Crippen molar-refractivity contribution >= 4 is 5.91 Å². The molecule has 90 valence electrons. The van der Waals surface area contributed by atoms with E-state index in [0.717, 1.165) is 32.2 Å². The summed E-state index contributed by atoms with van der Waals surface area (Å²) in [5.41, 5.74) is 0. The van der Waals surface area contributed by atoms with E-state index in [2.05, 4.69) is 19.1 Å². The lowest BCUT2D eigenvalue weighted by atomic mass is 9.90. The SMILES string of the molecule is CC1CCN(C(=O)C2CC=CCC2)CC1O. The number of carbonyl (C=O) groups excluding carboxylic acids is 1. The number of hydrogen-bond acceptors (Lipinski definition) is 2. The van der Waals surface area contributed by atoms with Crippen LogP contribution in [0.15, 0.2) is 12.2 Å². The van der Waals surface area contributed by atoms with Crippen LogP contribution in [0.5, 0.6) is 0 Å². The molecular formula is C13H21NO2. The van der Waals surface area contributed by atoms with Gasteiger partial charge in [0, 0.05) is 19.0 Å². The summed E-state index contributed by atoms with van der Waals surface area (Å²) < 4.78 is 0. The number of nitrogens with zero attached hydrogens (tertiary/aromatic N) is 1. The fourth-order valence-corrected chi connectivity index (χ4v) is 2.53. The summed E-state index contributed by atoms with van der Waals surface area (Å²) in [5.74, 6) is 0.733. The number of amides is 1. The van der Waals surface area contributed by atoms with Crippen molar-refractivity contribution in [3.8, 4) is 0 Å². The lowest BCUT2D eigenvalue weighted by Crippen LogP contribution is -2.48. The van der Waals surface area contributed by atoms with Crippen molar-refractivity contribution in [3.63, 3.8) is 0 Å². The molecule has 0 aromatic rings. The molecule has 3 atom stereocenters. The van der Waals surface area contributed by atoms with Gasteiger partial charge in [-0.25, -0.2) is 0 Å². The summed E-state index contributed by atoms with van der Waals surface area (Å²) in [6.07, 6.45) is 7.71. The van der Waals surface area contributed by atoms with Crippen LogP contribution in [0.25, 0.3) is 0 Å². The summed E-state index contributed by atoms with van der Waals surface area (Å²) in [7, 11) is 0. The first-order valence-corrected chi connectivity index (χ1v) is 6.30. The van der Waals surface area contributed by atoms with Gasteiger partial charge in [-0.05, 0) is 31.6 Å². The number of allylic oxidation sites excluding steroid dienone is 2. The second-order valence-electron chi connectivity index (χ2n) is 5.10. The van der Waals surface area contributed by atoms with Gasteiger partial charge in [0.15, 0.2) is 0 Å². The Balaban J connectivity index is 1.92. The Hall–Kier alpha value is -0.830. The third-order valence-electron chi connectivity index (χ3n) is 3.85. The fourth-order valence-electron chi connectivity index (χ4n) is 2.53. The van der Waals surface area contributed by atoms with Crippen LogP contribution in [0, 0.1) is 11.8 Å². The van der Waals surface area contributed by atoms with Crippen LogP contribution >= 0.6 is 0 Å². The van der Waals surface area contributed by atoms with E-state index >= 15 is 0 Å². The molecule has 16 heavy (non-hydrogen) atoms. The van der Waals surface area contributed by atoms with Gasteiger partial charge < -0.3 is 10.0 Å². The summed E-state index contributed by atoms with van der Waals surface area (Å²) >= 11 is 0. The molecule has 0 saturated carbocycles. The number of piperidine rings is 1. The third kappa shape index (κ3) is 2.46. The Morgan fingerprint density at radius 2 is 2.19 bits per heavy atom.